The van der Waals surface area contributed by atoms with Crippen molar-refractivity contribution in [2.75, 3.05) is 18.5 Å². The molecule has 1 heterocycles. The average molecular weight is 257 g/mol. The van der Waals surface area contributed by atoms with Gasteiger partial charge in [-0.3, -0.25) is 4.79 Å². The summed E-state index contributed by atoms with van der Waals surface area (Å²) in [6, 6.07) is 4.43. The van der Waals surface area contributed by atoms with E-state index in [-0.39, 0.29) is 23.3 Å². The van der Waals surface area contributed by atoms with Crippen LogP contribution in [0.2, 0.25) is 5.02 Å². The van der Waals surface area contributed by atoms with Gasteiger partial charge in [-0.05, 0) is 24.6 Å². The highest BCUT2D eigenvalue weighted by atomic mass is 35.5. The fourth-order valence-corrected chi connectivity index (χ4v) is 1.78. The zero-order chi connectivity index (χ0) is 12.5. The van der Waals surface area contributed by atoms with E-state index in [0.717, 1.165) is 0 Å². The van der Waals surface area contributed by atoms with Crippen molar-refractivity contribution in [1.29, 1.82) is 0 Å². The minimum absolute atomic E-state index is 0.0312. The van der Waals surface area contributed by atoms with Gasteiger partial charge in [0.15, 0.2) is 0 Å². The number of hydrogen-bond donors (Lipinski definition) is 3. The molecule has 1 fully saturated rings. The van der Waals surface area contributed by atoms with Gasteiger partial charge in [-0.25, -0.2) is 0 Å². The second-order valence-corrected chi connectivity index (χ2v) is 4.49. The number of carbonyl (C=O) groups excluding carboxylic acids is 1. The van der Waals surface area contributed by atoms with Crippen LogP contribution in [0.25, 0.3) is 0 Å². The van der Waals surface area contributed by atoms with Gasteiger partial charge in [0.1, 0.15) is 11.3 Å². The number of nitrogens with one attached hydrogen (secondary N) is 1. The first kappa shape index (κ1) is 12.2. The Morgan fingerprint density at radius 2 is 2.35 bits per heavy atom. The molecule has 1 saturated heterocycles. The van der Waals surface area contributed by atoms with Crippen LogP contribution in [0.15, 0.2) is 18.2 Å². The maximum absolute atomic E-state index is 11.9. The Hall–Kier alpha value is -1.30. The van der Waals surface area contributed by atoms with Gasteiger partial charge in [0, 0.05) is 12.3 Å². The molecule has 0 radical (unpaired) electrons. The van der Waals surface area contributed by atoms with Crippen molar-refractivity contribution >= 4 is 23.2 Å². The van der Waals surface area contributed by atoms with Gasteiger partial charge in [0.25, 0.3) is 0 Å². The summed E-state index contributed by atoms with van der Waals surface area (Å²) in [4.78, 5) is 11.9. The molecule has 0 saturated carbocycles. The summed E-state index contributed by atoms with van der Waals surface area (Å²) >= 11 is 5.73. The number of benzene rings is 1. The lowest BCUT2D eigenvalue weighted by Crippen LogP contribution is -2.51. The van der Waals surface area contributed by atoms with Crippen molar-refractivity contribution in [3.8, 4) is 5.75 Å². The Kier molecular flexibility index (Phi) is 3.24. The quantitative estimate of drug-likeness (QED) is 0.692. The Morgan fingerprint density at radius 1 is 1.59 bits per heavy atom. The molecule has 1 aromatic carbocycles. The van der Waals surface area contributed by atoms with Gasteiger partial charge < -0.3 is 20.9 Å². The minimum Gasteiger partial charge on any atom is -0.506 e. The molecule has 1 amide bonds. The lowest BCUT2D eigenvalue weighted by atomic mass is 9.99. The summed E-state index contributed by atoms with van der Waals surface area (Å²) in [6.45, 7) is 0.699. The topological polar surface area (TPSA) is 84.6 Å². The highest BCUT2D eigenvalue weighted by Crippen LogP contribution is 2.27. The van der Waals surface area contributed by atoms with Gasteiger partial charge in [0.05, 0.1) is 11.6 Å². The average Bonchev–Trinajstić information content (AvgIpc) is 2.72. The van der Waals surface area contributed by atoms with Crippen LogP contribution in [-0.2, 0) is 9.53 Å². The summed E-state index contributed by atoms with van der Waals surface area (Å²) in [5.41, 5.74) is 5.41. The Balaban J connectivity index is 2.10. The van der Waals surface area contributed by atoms with Gasteiger partial charge in [0.2, 0.25) is 5.91 Å². The van der Waals surface area contributed by atoms with Crippen LogP contribution in [0.1, 0.15) is 6.42 Å². The van der Waals surface area contributed by atoms with Crippen molar-refractivity contribution in [2.45, 2.75) is 12.0 Å². The van der Waals surface area contributed by atoms with E-state index in [1.807, 2.05) is 0 Å². The normalized spacial score (nSPS) is 23.6. The van der Waals surface area contributed by atoms with Crippen LogP contribution in [0.5, 0.6) is 5.75 Å². The molecule has 5 nitrogen and oxygen atoms in total. The Morgan fingerprint density at radius 3 is 2.94 bits per heavy atom. The molecule has 0 aromatic heterocycles. The first-order valence-electron chi connectivity index (χ1n) is 5.18. The third kappa shape index (κ3) is 2.52. The molecule has 6 heteroatoms. The Bertz CT molecular complexity index is 444. The molecule has 0 aliphatic carbocycles. The third-order valence-corrected chi connectivity index (χ3v) is 3.01. The van der Waals surface area contributed by atoms with Crippen LogP contribution in [-0.4, -0.2) is 29.8 Å². The van der Waals surface area contributed by atoms with Gasteiger partial charge in [-0.1, -0.05) is 11.6 Å². The van der Waals surface area contributed by atoms with Crippen molar-refractivity contribution in [3.63, 3.8) is 0 Å². The predicted molar refractivity (Wildman–Crippen MR) is 64.1 cm³/mol. The van der Waals surface area contributed by atoms with E-state index in [4.69, 9.17) is 22.1 Å². The van der Waals surface area contributed by atoms with Crippen LogP contribution in [0.3, 0.4) is 0 Å². The van der Waals surface area contributed by atoms with Gasteiger partial charge in [-0.2, -0.15) is 0 Å². The first-order valence-corrected chi connectivity index (χ1v) is 5.56. The molecule has 1 unspecified atom stereocenters. The second kappa shape index (κ2) is 4.52. The lowest BCUT2D eigenvalue weighted by molar-refractivity contribution is -0.121. The number of anilines is 1. The zero-order valence-electron chi connectivity index (χ0n) is 9.07. The van der Waals surface area contributed by atoms with E-state index >= 15 is 0 Å². The van der Waals surface area contributed by atoms with E-state index in [0.29, 0.717) is 18.7 Å². The smallest absolute Gasteiger partial charge is 0.246 e. The molecule has 1 aliphatic heterocycles. The molecule has 1 atom stereocenters. The summed E-state index contributed by atoms with van der Waals surface area (Å²) in [7, 11) is 0. The van der Waals surface area contributed by atoms with Crippen LogP contribution in [0.4, 0.5) is 5.69 Å². The van der Waals surface area contributed by atoms with Crippen LogP contribution < -0.4 is 11.1 Å². The minimum atomic E-state index is -0.982. The van der Waals surface area contributed by atoms with Crippen molar-refractivity contribution in [1.82, 2.24) is 0 Å². The maximum atomic E-state index is 11.9. The number of amides is 1. The molecular formula is C11H13ClN2O3. The Labute approximate surface area is 104 Å². The number of rotatable bonds is 2. The molecule has 92 valence electrons. The van der Waals surface area contributed by atoms with E-state index in [2.05, 4.69) is 5.32 Å². The fourth-order valence-electron chi connectivity index (χ4n) is 1.60. The molecule has 2 rings (SSSR count). The second-order valence-electron chi connectivity index (χ2n) is 4.08. The van der Waals surface area contributed by atoms with Crippen LogP contribution >= 0.6 is 11.6 Å². The number of ether oxygens (including phenoxy) is 1. The van der Waals surface area contributed by atoms with E-state index in [9.17, 15) is 9.90 Å². The van der Waals surface area contributed by atoms with Crippen molar-refractivity contribution in [2.24, 2.45) is 5.73 Å². The maximum Gasteiger partial charge on any atom is 0.246 e. The first-order chi connectivity index (χ1) is 8.01. The zero-order valence-corrected chi connectivity index (χ0v) is 9.83. The van der Waals surface area contributed by atoms with Gasteiger partial charge >= 0.3 is 0 Å². The number of carbonyl (C=O) groups is 1. The third-order valence-electron chi connectivity index (χ3n) is 2.71. The van der Waals surface area contributed by atoms with Crippen LogP contribution in [0, 0.1) is 0 Å². The largest absolute Gasteiger partial charge is 0.506 e. The molecular weight excluding hydrogens is 244 g/mol. The van der Waals surface area contributed by atoms with E-state index in [1.165, 1.54) is 12.1 Å². The number of phenolic OH excluding ortho intramolecular Hbond substituents is 1. The monoisotopic (exact) mass is 256 g/mol. The molecule has 1 aliphatic rings. The summed E-state index contributed by atoms with van der Waals surface area (Å²) < 4.78 is 5.11. The van der Waals surface area contributed by atoms with Crippen molar-refractivity contribution < 1.29 is 14.6 Å². The van der Waals surface area contributed by atoms with E-state index in [1.54, 1.807) is 6.07 Å². The van der Waals surface area contributed by atoms with Crippen molar-refractivity contribution in [3.05, 3.63) is 23.2 Å². The summed E-state index contributed by atoms with van der Waals surface area (Å²) in [5, 5.41) is 12.1. The number of nitrogens with two attached hydrogens (primary N) is 1. The molecule has 4 N–H and O–H groups in total. The molecule has 0 spiro atoms. The SMILES string of the molecule is NC1(C(=O)Nc2ccc(O)c(Cl)c2)CCOC1. The van der Waals surface area contributed by atoms with E-state index < -0.39 is 5.54 Å². The lowest BCUT2D eigenvalue weighted by Gasteiger charge is -2.20. The standard InChI is InChI=1S/C11H13ClN2O3/c12-8-5-7(1-2-9(8)15)14-10(16)11(13)3-4-17-6-11/h1-2,5,15H,3-4,6,13H2,(H,14,16). The molecule has 1 aromatic rings. The van der Waals surface area contributed by atoms with Gasteiger partial charge in [-0.15, -0.1) is 0 Å². The molecule has 0 bridgehead atoms. The number of hydrogen-bond acceptors (Lipinski definition) is 4. The number of phenols is 1. The highest BCUT2D eigenvalue weighted by molar-refractivity contribution is 6.32. The molecule has 17 heavy (non-hydrogen) atoms. The fraction of sp³-hybridized carbons (Fsp3) is 0.364. The summed E-state index contributed by atoms with van der Waals surface area (Å²) in [5.74, 6) is -0.340. The number of halogens is 1. The number of aromatic hydroxyl groups is 1. The summed E-state index contributed by atoms with van der Waals surface area (Å²) in [6.07, 6.45) is 0.491. The predicted octanol–water partition coefficient (Wildman–Crippen LogP) is 1.10. The highest BCUT2D eigenvalue weighted by Gasteiger charge is 2.38.